The van der Waals surface area contributed by atoms with Gasteiger partial charge in [0.15, 0.2) is 5.96 Å². The highest BCUT2D eigenvalue weighted by Gasteiger charge is 2.13. The van der Waals surface area contributed by atoms with Crippen molar-refractivity contribution in [3.63, 3.8) is 0 Å². The van der Waals surface area contributed by atoms with Gasteiger partial charge in [0.05, 0.1) is 18.8 Å². The minimum Gasteiger partial charge on any atom is -0.361 e. The van der Waals surface area contributed by atoms with Crippen LogP contribution in [-0.2, 0) is 25.9 Å². The minimum atomic E-state index is 0. The van der Waals surface area contributed by atoms with Crippen molar-refractivity contribution in [3.8, 4) is 0 Å². The number of aryl methyl sites for hydroxylation is 3. The van der Waals surface area contributed by atoms with Gasteiger partial charge in [0, 0.05) is 28.3 Å². The Morgan fingerprint density at radius 3 is 2.58 bits per heavy atom. The van der Waals surface area contributed by atoms with E-state index in [1.807, 2.05) is 0 Å². The van der Waals surface area contributed by atoms with E-state index in [2.05, 4.69) is 55.6 Å². The monoisotopic (exact) mass is 462 g/mol. The normalized spacial score (nSPS) is 11.2. The van der Waals surface area contributed by atoms with Gasteiger partial charge in [0.2, 0.25) is 0 Å². The van der Waals surface area contributed by atoms with Crippen molar-refractivity contribution in [3.05, 3.63) is 38.9 Å². The second-order valence-electron chi connectivity index (χ2n) is 5.30. The van der Waals surface area contributed by atoms with Gasteiger partial charge in [-0.3, -0.25) is 0 Å². The van der Waals surface area contributed by atoms with Crippen LogP contribution in [0.15, 0.2) is 21.6 Å². The Labute approximate surface area is 165 Å². The molecule has 7 heteroatoms. The fourth-order valence-electron chi connectivity index (χ4n) is 2.37. The summed E-state index contributed by atoms with van der Waals surface area (Å²) in [4.78, 5) is 7.33. The number of rotatable bonds is 7. The molecule has 0 amide bonds. The van der Waals surface area contributed by atoms with Crippen LogP contribution in [-0.4, -0.2) is 17.7 Å². The third-order valence-corrected chi connectivity index (χ3v) is 4.57. The standard InChI is InChI=1S/C17H26N4OS.HI/c1-5-15-14(16(6-2)22-21-15)11-20-17(18-7-3)19-10-13-9-8-12(4)23-13;/h8-9H,5-7,10-11H2,1-4H3,(H2,18,19,20);1H. The molecule has 0 saturated carbocycles. The van der Waals surface area contributed by atoms with E-state index in [-0.39, 0.29) is 24.0 Å². The average molecular weight is 462 g/mol. The molecule has 0 atom stereocenters. The molecule has 0 aliphatic carbocycles. The van der Waals surface area contributed by atoms with Crippen molar-refractivity contribution in [2.75, 3.05) is 6.54 Å². The molecule has 0 saturated heterocycles. The fraction of sp³-hybridized carbons (Fsp3) is 0.529. The Bertz CT molecular complexity index is 629. The number of thiophene rings is 1. The van der Waals surface area contributed by atoms with Gasteiger partial charge in [0.1, 0.15) is 5.76 Å². The number of aliphatic imine (C=N–C) groups is 1. The Morgan fingerprint density at radius 1 is 1.21 bits per heavy atom. The first-order valence-electron chi connectivity index (χ1n) is 8.21. The van der Waals surface area contributed by atoms with E-state index in [4.69, 9.17) is 9.52 Å². The number of guanidine groups is 1. The van der Waals surface area contributed by atoms with Crippen molar-refractivity contribution in [2.45, 2.75) is 53.6 Å². The number of nitrogens with one attached hydrogen (secondary N) is 2. The molecule has 2 N–H and O–H groups in total. The topological polar surface area (TPSA) is 62.5 Å². The van der Waals surface area contributed by atoms with Crippen molar-refractivity contribution in [1.29, 1.82) is 0 Å². The minimum absolute atomic E-state index is 0. The lowest BCUT2D eigenvalue weighted by Crippen LogP contribution is -2.36. The van der Waals surface area contributed by atoms with E-state index in [1.165, 1.54) is 9.75 Å². The third-order valence-electron chi connectivity index (χ3n) is 3.57. The smallest absolute Gasteiger partial charge is 0.191 e. The maximum Gasteiger partial charge on any atom is 0.191 e. The second kappa shape index (κ2) is 10.7. The van der Waals surface area contributed by atoms with Gasteiger partial charge in [-0.2, -0.15) is 0 Å². The molecule has 2 aromatic heterocycles. The largest absolute Gasteiger partial charge is 0.361 e. The molecule has 2 rings (SSSR count). The first-order chi connectivity index (χ1) is 11.2. The Hall–Kier alpha value is -1.09. The lowest BCUT2D eigenvalue weighted by molar-refractivity contribution is 0.380. The molecule has 0 bridgehead atoms. The molecule has 0 aromatic carbocycles. The first kappa shape index (κ1) is 21.0. The van der Waals surface area contributed by atoms with Crippen LogP contribution >= 0.6 is 35.3 Å². The van der Waals surface area contributed by atoms with E-state index in [9.17, 15) is 0 Å². The zero-order valence-corrected chi connectivity index (χ0v) is 18.0. The SMILES string of the molecule is CCNC(=NCc1c(CC)noc1CC)NCc1ccc(C)s1.I. The highest BCUT2D eigenvalue weighted by Crippen LogP contribution is 2.17. The summed E-state index contributed by atoms with van der Waals surface area (Å²) in [6, 6.07) is 4.30. The quantitative estimate of drug-likeness (QED) is 0.371. The van der Waals surface area contributed by atoms with Crippen molar-refractivity contribution in [1.82, 2.24) is 15.8 Å². The molecular weight excluding hydrogens is 435 g/mol. The van der Waals surface area contributed by atoms with E-state index < -0.39 is 0 Å². The number of nitrogens with zero attached hydrogens (tertiary/aromatic N) is 2. The van der Waals surface area contributed by atoms with Gasteiger partial charge in [0.25, 0.3) is 0 Å². The Balaban J connectivity index is 0.00000288. The first-order valence-corrected chi connectivity index (χ1v) is 9.03. The average Bonchev–Trinajstić information content (AvgIpc) is 3.15. The number of hydrogen-bond acceptors (Lipinski definition) is 4. The third kappa shape index (κ3) is 5.77. The number of halogens is 1. The van der Waals surface area contributed by atoms with E-state index in [1.54, 1.807) is 11.3 Å². The zero-order valence-electron chi connectivity index (χ0n) is 14.8. The molecule has 0 fully saturated rings. The van der Waals surface area contributed by atoms with Gasteiger partial charge in [-0.05, 0) is 32.4 Å². The molecule has 24 heavy (non-hydrogen) atoms. The van der Waals surface area contributed by atoms with Crippen molar-refractivity contribution in [2.24, 2.45) is 4.99 Å². The van der Waals surface area contributed by atoms with Crippen LogP contribution in [0, 0.1) is 6.92 Å². The molecule has 134 valence electrons. The van der Waals surface area contributed by atoms with Crippen LogP contribution in [0.3, 0.4) is 0 Å². The van der Waals surface area contributed by atoms with Crippen LogP contribution in [0.2, 0.25) is 0 Å². The molecule has 0 unspecified atom stereocenters. The molecule has 0 radical (unpaired) electrons. The lowest BCUT2D eigenvalue weighted by atomic mass is 10.1. The fourth-order valence-corrected chi connectivity index (χ4v) is 3.20. The summed E-state index contributed by atoms with van der Waals surface area (Å²) >= 11 is 1.81. The highest BCUT2D eigenvalue weighted by atomic mass is 127. The molecule has 0 aliphatic heterocycles. The van der Waals surface area contributed by atoms with Gasteiger partial charge in [-0.15, -0.1) is 35.3 Å². The Morgan fingerprint density at radius 2 is 2.00 bits per heavy atom. The van der Waals surface area contributed by atoms with E-state index >= 15 is 0 Å². The highest BCUT2D eigenvalue weighted by molar-refractivity contribution is 14.0. The summed E-state index contributed by atoms with van der Waals surface area (Å²) in [5.41, 5.74) is 2.13. The zero-order chi connectivity index (χ0) is 16.7. The van der Waals surface area contributed by atoms with Gasteiger partial charge in [-0.25, -0.2) is 4.99 Å². The summed E-state index contributed by atoms with van der Waals surface area (Å²) in [6.07, 6.45) is 1.71. The van der Waals surface area contributed by atoms with Crippen molar-refractivity contribution >= 4 is 41.3 Å². The maximum absolute atomic E-state index is 5.40. The Kier molecular flexibility index (Phi) is 9.35. The molecule has 2 aromatic rings. The van der Waals surface area contributed by atoms with E-state index in [0.29, 0.717) is 6.54 Å². The number of hydrogen-bond donors (Lipinski definition) is 2. The van der Waals surface area contributed by atoms with Crippen LogP contribution < -0.4 is 10.6 Å². The van der Waals surface area contributed by atoms with E-state index in [0.717, 1.165) is 48.9 Å². The summed E-state index contributed by atoms with van der Waals surface area (Å²) in [5, 5.41) is 10.8. The summed E-state index contributed by atoms with van der Waals surface area (Å²) in [5.74, 6) is 1.76. The molecule has 0 spiro atoms. The summed E-state index contributed by atoms with van der Waals surface area (Å²) < 4.78 is 5.40. The van der Waals surface area contributed by atoms with Crippen LogP contribution in [0.5, 0.6) is 0 Å². The molecule has 5 nitrogen and oxygen atoms in total. The van der Waals surface area contributed by atoms with Gasteiger partial charge in [-0.1, -0.05) is 19.0 Å². The van der Waals surface area contributed by atoms with Crippen LogP contribution in [0.4, 0.5) is 0 Å². The van der Waals surface area contributed by atoms with Gasteiger partial charge < -0.3 is 15.2 Å². The summed E-state index contributed by atoms with van der Waals surface area (Å²) in [6.45, 7) is 10.6. The number of aromatic nitrogens is 1. The predicted molar refractivity (Wildman–Crippen MR) is 111 cm³/mol. The van der Waals surface area contributed by atoms with Crippen molar-refractivity contribution < 1.29 is 4.52 Å². The second-order valence-corrected chi connectivity index (χ2v) is 6.67. The molecule has 2 heterocycles. The maximum atomic E-state index is 5.40. The summed E-state index contributed by atoms with van der Waals surface area (Å²) in [7, 11) is 0. The van der Waals surface area contributed by atoms with Gasteiger partial charge >= 0.3 is 0 Å². The molecular formula is C17H27IN4OS. The predicted octanol–water partition coefficient (Wildman–Crippen LogP) is 4.04. The lowest BCUT2D eigenvalue weighted by Gasteiger charge is -2.10. The van der Waals surface area contributed by atoms with Crippen LogP contribution in [0.25, 0.3) is 0 Å². The van der Waals surface area contributed by atoms with Crippen LogP contribution in [0.1, 0.15) is 47.5 Å². The molecule has 0 aliphatic rings.